The standard InChI is InChI=1S/C11H11NO2/c1-8(11-7-13-11)14-10-5-3-2-4-9(10)6-12/h2-5,8,11H,7H2,1H3/t8?,11-/m0/s1. The van der Waals surface area contributed by atoms with E-state index in [0.29, 0.717) is 11.3 Å². The van der Waals surface area contributed by atoms with Gasteiger partial charge in [0.05, 0.1) is 12.2 Å². The molecule has 1 aliphatic heterocycles. The molecule has 3 nitrogen and oxygen atoms in total. The molecule has 2 atom stereocenters. The van der Waals surface area contributed by atoms with Crippen molar-refractivity contribution in [2.75, 3.05) is 6.61 Å². The average Bonchev–Trinajstić information content (AvgIpc) is 3.02. The lowest BCUT2D eigenvalue weighted by atomic mass is 10.2. The van der Waals surface area contributed by atoms with E-state index in [1.54, 1.807) is 12.1 Å². The molecule has 2 rings (SSSR count). The van der Waals surface area contributed by atoms with E-state index < -0.39 is 0 Å². The van der Waals surface area contributed by atoms with Crippen molar-refractivity contribution in [3.05, 3.63) is 29.8 Å². The molecule has 0 N–H and O–H groups in total. The lowest BCUT2D eigenvalue weighted by molar-refractivity contribution is 0.176. The predicted octanol–water partition coefficient (Wildman–Crippen LogP) is 1.72. The highest BCUT2D eigenvalue weighted by Crippen LogP contribution is 2.23. The van der Waals surface area contributed by atoms with Crippen molar-refractivity contribution in [3.8, 4) is 11.8 Å². The molecule has 0 bridgehead atoms. The van der Waals surface area contributed by atoms with Crippen LogP contribution in [0.1, 0.15) is 12.5 Å². The molecule has 1 fully saturated rings. The van der Waals surface area contributed by atoms with Gasteiger partial charge in [0.2, 0.25) is 0 Å². The van der Waals surface area contributed by atoms with Gasteiger partial charge in [0.1, 0.15) is 24.0 Å². The summed E-state index contributed by atoms with van der Waals surface area (Å²) in [6, 6.07) is 9.32. The van der Waals surface area contributed by atoms with Crippen molar-refractivity contribution < 1.29 is 9.47 Å². The zero-order chi connectivity index (χ0) is 9.97. The fourth-order valence-corrected chi connectivity index (χ4v) is 1.26. The maximum Gasteiger partial charge on any atom is 0.137 e. The number of nitrogens with zero attached hydrogens (tertiary/aromatic N) is 1. The molecule has 1 saturated heterocycles. The number of para-hydroxylation sites is 1. The summed E-state index contributed by atoms with van der Waals surface area (Å²) in [7, 11) is 0. The highest BCUT2D eigenvalue weighted by molar-refractivity contribution is 5.42. The van der Waals surface area contributed by atoms with Crippen molar-refractivity contribution in [2.24, 2.45) is 0 Å². The number of nitriles is 1. The Balaban J connectivity index is 2.11. The number of epoxide rings is 1. The van der Waals surface area contributed by atoms with Crippen molar-refractivity contribution in [1.82, 2.24) is 0 Å². The zero-order valence-electron chi connectivity index (χ0n) is 7.93. The van der Waals surface area contributed by atoms with Gasteiger partial charge in [-0.25, -0.2) is 0 Å². The quantitative estimate of drug-likeness (QED) is 0.680. The molecule has 0 aromatic heterocycles. The van der Waals surface area contributed by atoms with Gasteiger partial charge in [-0.15, -0.1) is 0 Å². The second-order valence-electron chi connectivity index (χ2n) is 3.30. The number of benzene rings is 1. The van der Waals surface area contributed by atoms with Gasteiger partial charge in [-0.3, -0.25) is 0 Å². The minimum atomic E-state index is 0.0181. The van der Waals surface area contributed by atoms with E-state index >= 15 is 0 Å². The third-order valence-electron chi connectivity index (χ3n) is 2.20. The fraction of sp³-hybridized carbons (Fsp3) is 0.364. The molecule has 1 aromatic carbocycles. The summed E-state index contributed by atoms with van der Waals surface area (Å²) in [5.41, 5.74) is 0.569. The van der Waals surface area contributed by atoms with Crippen molar-refractivity contribution in [1.29, 1.82) is 5.26 Å². The second-order valence-corrected chi connectivity index (χ2v) is 3.30. The van der Waals surface area contributed by atoms with Crippen LogP contribution in [0.2, 0.25) is 0 Å². The largest absolute Gasteiger partial charge is 0.487 e. The van der Waals surface area contributed by atoms with Gasteiger partial charge in [0.25, 0.3) is 0 Å². The summed E-state index contributed by atoms with van der Waals surface area (Å²) in [5, 5.41) is 8.82. The molecule has 1 aliphatic rings. The molecule has 1 heterocycles. The smallest absolute Gasteiger partial charge is 0.137 e. The van der Waals surface area contributed by atoms with E-state index in [-0.39, 0.29) is 12.2 Å². The molecule has 1 unspecified atom stereocenters. The van der Waals surface area contributed by atoms with Gasteiger partial charge in [0, 0.05) is 0 Å². The van der Waals surface area contributed by atoms with Gasteiger partial charge in [-0.05, 0) is 19.1 Å². The number of hydrogen-bond acceptors (Lipinski definition) is 3. The predicted molar refractivity (Wildman–Crippen MR) is 51.0 cm³/mol. The van der Waals surface area contributed by atoms with Crippen LogP contribution >= 0.6 is 0 Å². The van der Waals surface area contributed by atoms with Crippen LogP contribution in [0.25, 0.3) is 0 Å². The lowest BCUT2D eigenvalue weighted by Gasteiger charge is -2.12. The van der Waals surface area contributed by atoms with E-state index in [9.17, 15) is 0 Å². The van der Waals surface area contributed by atoms with Crippen LogP contribution in [0.4, 0.5) is 0 Å². The molecule has 3 heteroatoms. The monoisotopic (exact) mass is 189 g/mol. The molecule has 0 spiro atoms. The topological polar surface area (TPSA) is 45.5 Å². The summed E-state index contributed by atoms with van der Waals surface area (Å²) < 4.78 is 10.7. The first-order valence-corrected chi connectivity index (χ1v) is 4.58. The Morgan fingerprint density at radius 1 is 1.57 bits per heavy atom. The van der Waals surface area contributed by atoms with Gasteiger partial charge >= 0.3 is 0 Å². The summed E-state index contributed by atoms with van der Waals surface area (Å²) in [4.78, 5) is 0. The summed E-state index contributed by atoms with van der Waals surface area (Å²) in [5.74, 6) is 0.637. The fourth-order valence-electron chi connectivity index (χ4n) is 1.26. The lowest BCUT2D eigenvalue weighted by Crippen LogP contribution is -2.19. The first-order chi connectivity index (χ1) is 6.81. The van der Waals surface area contributed by atoms with Crippen LogP contribution in [-0.2, 0) is 4.74 Å². The molecule has 1 aromatic rings. The van der Waals surface area contributed by atoms with Gasteiger partial charge < -0.3 is 9.47 Å². The van der Waals surface area contributed by atoms with Crippen LogP contribution in [0.3, 0.4) is 0 Å². The number of rotatable bonds is 3. The van der Waals surface area contributed by atoms with E-state index in [4.69, 9.17) is 14.7 Å². The molecule has 0 aliphatic carbocycles. The minimum Gasteiger partial charge on any atom is -0.487 e. The first-order valence-electron chi connectivity index (χ1n) is 4.58. The molecule has 72 valence electrons. The van der Waals surface area contributed by atoms with Crippen molar-refractivity contribution >= 4 is 0 Å². The highest BCUT2D eigenvalue weighted by atomic mass is 16.6. The third-order valence-corrected chi connectivity index (χ3v) is 2.20. The van der Waals surface area contributed by atoms with Crippen molar-refractivity contribution in [2.45, 2.75) is 19.1 Å². The normalized spacial score (nSPS) is 21.0. The highest BCUT2D eigenvalue weighted by Gasteiger charge is 2.31. The molecule has 0 saturated carbocycles. The van der Waals surface area contributed by atoms with Crippen LogP contribution in [0.15, 0.2) is 24.3 Å². The Hall–Kier alpha value is -1.53. The van der Waals surface area contributed by atoms with E-state index in [1.807, 2.05) is 19.1 Å². The summed E-state index contributed by atoms with van der Waals surface area (Å²) in [6.45, 7) is 2.71. The summed E-state index contributed by atoms with van der Waals surface area (Å²) in [6.07, 6.45) is 0.214. The minimum absolute atomic E-state index is 0.0181. The molecule has 14 heavy (non-hydrogen) atoms. The molecule has 0 amide bonds. The summed E-state index contributed by atoms with van der Waals surface area (Å²) >= 11 is 0. The third kappa shape index (κ3) is 1.86. The average molecular weight is 189 g/mol. The Kier molecular flexibility index (Phi) is 2.38. The van der Waals surface area contributed by atoms with Crippen LogP contribution < -0.4 is 4.74 Å². The first kappa shape index (κ1) is 9.04. The zero-order valence-corrected chi connectivity index (χ0v) is 7.93. The van der Waals surface area contributed by atoms with E-state index in [0.717, 1.165) is 6.61 Å². The van der Waals surface area contributed by atoms with Gasteiger partial charge in [-0.1, -0.05) is 12.1 Å². The van der Waals surface area contributed by atoms with Gasteiger partial charge in [-0.2, -0.15) is 5.26 Å². The van der Waals surface area contributed by atoms with Crippen LogP contribution in [0.5, 0.6) is 5.75 Å². The van der Waals surface area contributed by atoms with E-state index in [2.05, 4.69) is 6.07 Å². The Morgan fingerprint density at radius 3 is 2.93 bits per heavy atom. The van der Waals surface area contributed by atoms with E-state index in [1.165, 1.54) is 0 Å². The Labute approximate surface area is 82.9 Å². The maximum absolute atomic E-state index is 8.82. The number of ether oxygens (including phenoxy) is 2. The molecular weight excluding hydrogens is 178 g/mol. The van der Waals surface area contributed by atoms with Gasteiger partial charge in [0.15, 0.2) is 0 Å². The number of hydrogen-bond donors (Lipinski definition) is 0. The molecule has 0 radical (unpaired) electrons. The second kappa shape index (κ2) is 3.69. The maximum atomic E-state index is 8.82. The SMILES string of the molecule is CC(Oc1ccccc1C#N)[C@@H]1CO1. The Morgan fingerprint density at radius 2 is 2.29 bits per heavy atom. The van der Waals surface area contributed by atoms with Crippen LogP contribution in [0, 0.1) is 11.3 Å². The molecular formula is C11H11NO2. The Bertz CT molecular complexity index is 366. The van der Waals surface area contributed by atoms with Crippen LogP contribution in [-0.4, -0.2) is 18.8 Å². The van der Waals surface area contributed by atoms with Crippen molar-refractivity contribution in [3.63, 3.8) is 0 Å².